The molecule has 0 saturated heterocycles. The summed E-state index contributed by atoms with van der Waals surface area (Å²) in [5.41, 5.74) is 3.40. The molecule has 7 nitrogen and oxygen atoms in total. The highest BCUT2D eigenvalue weighted by Gasteiger charge is 2.17. The van der Waals surface area contributed by atoms with Crippen LogP contribution in [0.5, 0.6) is 0 Å². The van der Waals surface area contributed by atoms with Crippen molar-refractivity contribution in [3.8, 4) is 17.1 Å². The molecule has 0 radical (unpaired) electrons. The van der Waals surface area contributed by atoms with Gasteiger partial charge in [-0.25, -0.2) is 0 Å². The molecule has 3 heterocycles. The molecule has 0 atom stereocenters. The second-order valence-corrected chi connectivity index (χ2v) is 7.87. The van der Waals surface area contributed by atoms with Gasteiger partial charge in [0.1, 0.15) is 0 Å². The van der Waals surface area contributed by atoms with Crippen LogP contribution in [0.4, 0.5) is 5.69 Å². The lowest BCUT2D eigenvalue weighted by atomic mass is 10.2. The minimum absolute atomic E-state index is 0.126. The van der Waals surface area contributed by atoms with Gasteiger partial charge in [0.2, 0.25) is 5.91 Å². The van der Waals surface area contributed by atoms with Crippen molar-refractivity contribution in [2.75, 3.05) is 11.1 Å². The number of pyridine rings is 2. The van der Waals surface area contributed by atoms with E-state index in [1.165, 1.54) is 11.8 Å². The first-order valence-corrected chi connectivity index (χ1v) is 11.0. The first-order valence-electron chi connectivity index (χ1n) is 9.97. The molecule has 1 N–H and O–H groups in total. The largest absolute Gasteiger partial charge is 0.325 e. The third-order valence-corrected chi connectivity index (χ3v) is 5.77. The molecular weight excluding hydrogens is 420 g/mol. The fraction of sp³-hybridized carbons (Fsp3) is 0.0417. The molecule has 0 unspecified atom stereocenters. The Morgan fingerprint density at radius 3 is 2.50 bits per heavy atom. The van der Waals surface area contributed by atoms with Crippen LogP contribution in [0.2, 0.25) is 0 Å². The molecule has 5 rings (SSSR count). The molecule has 2 aromatic carbocycles. The number of carbonyl (C=O) groups is 1. The number of carbonyl (C=O) groups excluding carboxylic acids is 1. The van der Waals surface area contributed by atoms with Crippen LogP contribution in [0.15, 0.2) is 96.5 Å². The first kappa shape index (κ1) is 19.9. The molecule has 5 aromatic rings. The molecule has 0 fully saturated rings. The number of aromatic nitrogens is 5. The highest BCUT2D eigenvalue weighted by molar-refractivity contribution is 7.99. The van der Waals surface area contributed by atoms with E-state index < -0.39 is 0 Å². The number of amides is 1. The first-order chi connectivity index (χ1) is 15.8. The monoisotopic (exact) mass is 438 g/mol. The summed E-state index contributed by atoms with van der Waals surface area (Å²) in [4.78, 5) is 21.2. The van der Waals surface area contributed by atoms with Crippen LogP contribution < -0.4 is 5.32 Å². The quantitative estimate of drug-likeness (QED) is 0.390. The van der Waals surface area contributed by atoms with Gasteiger partial charge in [0, 0.05) is 35.2 Å². The van der Waals surface area contributed by atoms with Gasteiger partial charge >= 0.3 is 0 Å². The molecule has 3 aromatic heterocycles. The van der Waals surface area contributed by atoms with E-state index in [4.69, 9.17) is 0 Å². The minimum Gasteiger partial charge on any atom is -0.325 e. The predicted molar refractivity (Wildman–Crippen MR) is 126 cm³/mol. The van der Waals surface area contributed by atoms with Crippen molar-refractivity contribution in [3.05, 3.63) is 91.4 Å². The van der Waals surface area contributed by atoms with Crippen LogP contribution in [-0.4, -0.2) is 36.4 Å². The van der Waals surface area contributed by atoms with Crippen LogP contribution in [0, 0.1) is 0 Å². The Morgan fingerprint density at radius 1 is 0.875 bits per heavy atom. The SMILES string of the molecule is O=C(CSc1nnc(-c2ccncc2)n1-c1ccccc1)Nc1ccnc2ccccc12. The molecule has 0 spiro atoms. The van der Waals surface area contributed by atoms with Crippen LogP contribution in [-0.2, 0) is 4.79 Å². The number of hydrogen-bond donors (Lipinski definition) is 1. The van der Waals surface area contributed by atoms with Gasteiger partial charge in [0.05, 0.1) is 17.0 Å². The topological polar surface area (TPSA) is 85.6 Å². The Hall–Kier alpha value is -4.04. The van der Waals surface area contributed by atoms with Gasteiger partial charge in [-0.1, -0.05) is 48.2 Å². The highest BCUT2D eigenvalue weighted by Crippen LogP contribution is 2.28. The Balaban J connectivity index is 1.40. The number of thioether (sulfide) groups is 1. The summed E-state index contributed by atoms with van der Waals surface area (Å²) in [6, 6.07) is 23.1. The van der Waals surface area contributed by atoms with Crippen molar-refractivity contribution in [2.24, 2.45) is 0 Å². The molecular formula is C24H18N6OS. The standard InChI is InChI=1S/C24H18N6OS/c31-22(27-21-12-15-26-20-9-5-4-8-19(20)21)16-32-24-29-28-23(17-10-13-25-14-11-17)30(24)18-6-2-1-3-7-18/h1-15H,16H2,(H,26,27,31). The van der Waals surface area contributed by atoms with Gasteiger partial charge in [0.15, 0.2) is 11.0 Å². The molecule has 0 aliphatic rings. The lowest BCUT2D eigenvalue weighted by molar-refractivity contribution is -0.113. The van der Waals surface area contributed by atoms with E-state index in [0.29, 0.717) is 11.0 Å². The average Bonchev–Trinajstić information content (AvgIpc) is 3.28. The highest BCUT2D eigenvalue weighted by atomic mass is 32.2. The zero-order valence-corrected chi connectivity index (χ0v) is 17.7. The number of nitrogens with one attached hydrogen (secondary N) is 1. The fourth-order valence-corrected chi connectivity index (χ4v) is 4.13. The number of anilines is 1. The van der Waals surface area contributed by atoms with E-state index in [1.807, 2.05) is 71.3 Å². The Labute approximate surface area is 188 Å². The van der Waals surface area contributed by atoms with Crippen LogP contribution in [0.1, 0.15) is 0 Å². The Kier molecular flexibility index (Phi) is 5.59. The van der Waals surface area contributed by atoms with Gasteiger partial charge < -0.3 is 5.32 Å². The zero-order chi connectivity index (χ0) is 21.8. The summed E-state index contributed by atoms with van der Waals surface area (Å²) in [5.74, 6) is 0.763. The van der Waals surface area contributed by atoms with Crippen molar-refractivity contribution < 1.29 is 4.79 Å². The van der Waals surface area contributed by atoms with Gasteiger partial charge in [0.25, 0.3) is 0 Å². The van der Waals surface area contributed by atoms with E-state index in [-0.39, 0.29) is 11.7 Å². The maximum absolute atomic E-state index is 12.7. The molecule has 0 aliphatic carbocycles. The Morgan fingerprint density at radius 2 is 1.66 bits per heavy atom. The smallest absolute Gasteiger partial charge is 0.234 e. The van der Waals surface area contributed by atoms with Crippen molar-refractivity contribution in [1.82, 2.24) is 24.7 Å². The van der Waals surface area contributed by atoms with Crippen molar-refractivity contribution in [1.29, 1.82) is 0 Å². The maximum atomic E-state index is 12.7. The minimum atomic E-state index is -0.126. The van der Waals surface area contributed by atoms with E-state index >= 15 is 0 Å². The van der Waals surface area contributed by atoms with Crippen LogP contribution >= 0.6 is 11.8 Å². The summed E-state index contributed by atoms with van der Waals surface area (Å²) in [5, 5.41) is 13.3. The van der Waals surface area contributed by atoms with Gasteiger partial charge in [-0.15, -0.1) is 10.2 Å². The normalized spacial score (nSPS) is 10.9. The van der Waals surface area contributed by atoms with E-state index in [1.54, 1.807) is 24.7 Å². The predicted octanol–water partition coefficient (Wildman–Crippen LogP) is 4.61. The number of fused-ring (bicyclic) bond motifs is 1. The number of nitrogens with zero attached hydrogens (tertiary/aromatic N) is 5. The molecule has 32 heavy (non-hydrogen) atoms. The van der Waals surface area contributed by atoms with Crippen LogP contribution in [0.3, 0.4) is 0 Å². The number of para-hydroxylation sites is 2. The lowest BCUT2D eigenvalue weighted by Crippen LogP contribution is -2.15. The summed E-state index contributed by atoms with van der Waals surface area (Å²) in [6.45, 7) is 0. The summed E-state index contributed by atoms with van der Waals surface area (Å²) < 4.78 is 1.95. The molecule has 0 bridgehead atoms. The van der Waals surface area contributed by atoms with E-state index in [9.17, 15) is 4.79 Å². The number of hydrogen-bond acceptors (Lipinski definition) is 6. The second kappa shape index (κ2) is 8.99. The fourth-order valence-electron chi connectivity index (χ4n) is 3.38. The van der Waals surface area contributed by atoms with Gasteiger partial charge in [-0.3, -0.25) is 19.3 Å². The summed E-state index contributed by atoms with van der Waals surface area (Å²) in [7, 11) is 0. The molecule has 156 valence electrons. The van der Waals surface area contributed by atoms with Crippen LogP contribution in [0.25, 0.3) is 28.0 Å². The molecule has 1 amide bonds. The second-order valence-electron chi connectivity index (χ2n) is 6.93. The van der Waals surface area contributed by atoms with Crippen molar-refractivity contribution >= 4 is 34.3 Å². The van der Waals surface area contributed by atoms with Crippen molar-refractivity contribution in [2.45, 2.75) is 5.16 Å². The number of benzene rings is 2. The number of rotatable bonds is 6. The molecule has 8 heteroatoms. The lowest BCUT2D eigenvalue weighted by Gasteiger charge is -2.11. The van der Waals surface area contributed by atoms with E-state index in [2.05, 4.69) is 25.5 Å². The zero-order valence-electron chi connectivity index (χ0n) is 16.9. The summed E-state index contributed by atoms with van der Waals surface area (Å²) in [6.07, 6.45) is 5.13. The molecule has 0 saturated carbocycles. The van der Waals surface area contributed by atoms with E-state index in [0.717, 1.165) is 27.8 Å². The van der Waals surface area contributed by atoms with Crippen molar-refractivity contribution in [3.63, 3.8) is 0 Å². The third-order valence-electron chi connectivity index (χ3n) is 4.84. The summed E-state index contributed by atoms with van der Waals surface area (Å²) >= 11 is 1.34. The Bertz CT molecular complexity index is 1370. The average molecular weight is 439 g/mol. The molecule has 0 aliphatic heterocycles. The van der Waals surface area contributed by atoms with Gasteiger partial charge in [-0.05, 0) is 36.4 Å². The van der Waals surface area contributed by atoms with Gasteiger partial charge in [-0.2, -0.15) is 0 Å². The third kappa shape index (κ3) is 4.08. The maximum Gasteiger partial charge on any atom is 0.234 e.